The highest BCUT2D eigenvalue weighted by molar-refractivity contribution is 7.13. The first-order chi connectivity index (χ1) is 14.3. The lowest BCUT2D eigenvalue weighted by atomic mass is 10.1. The van der Waals surface area contributed by atoms with Gasteiger partial charge in [-0.05, 0) is 25.0 Å². The van der Waals surface area contributed by atoms with Gasteiger partial charge in [-0.1, -0.05) is 0 Å². The zero-order valence-corrected chi connectivity index (χ0v) is 16.2. The summed E-state index contributed by atoms with van der Waals surface area (Å²) in [6.07, 6.45) is 8.40. The summed E-state index contributed by atoms with van der Waals surface area (Å²) in [6.45, 7) is 1.35. The standard InChI is InChI=1S/C19H18N6O3S/c26-18(14-2-1-6-28-14)23-15-16(19-20-5-9-29-19)24-25(13-3-7-27-8-4-13)17(15)12-10-21-22-11-12/h1-2,5-6,9-11,13H,3-4,7-8H2,(H,21,22)(H,23,26). The third-order valence-electron chi connectivity index (χ3n) is 4.84. The fourth-order valence-electron chi connectivity index (χ4n) is 3.48. The maximum atomic E-state index is 12.8. The van der Waals surface area contributed by atoms with Crippen LogP contribution < -0.4 is 5.32 Å². The fraction of sp³-hybridized carbons (Fsp3) is 0.263. The average Bonchev–Trinajstić information content (AvgIpc) is 3.55. The maximum Gasteiger partial charge on any atom is 0.291 e. The summed E-state index contributed by atoms with van der Waals surface area (Å²) in [6, 6.07) is 3.46. The van der Waals surface area contributed by atoms with Gasteiger partial charge in [0.1, 0.15) is 10.7 Å². The van der Waals surface area contributed by atoms with E-state index >= 15 is 0 Å². The minimum atomic E-state index is -0.343. The van der Waals surface area contributed by atoms with Crippen LogP contribution in [0.15, 0.2) is 46.8 Å². The van der Waals surface area contributed by atoms with Crippen LogP contribution in [0.5, 0.6) is 0 Å². The van der Waals surface area contributed by atoms with E-state index in [2.05, 4.69) is 20.5 Å². The largest absolute Gasteiger partial charge is 0.459 e. The molecule has 9 nitrogen and oxygen atoms in total. The molecule has 4 aromatic rings. The molecular weight excluding hydrogens is 392 g/mol. The summed E-state index contributed by atoms with van der Waals surface area (Å²) in [7, 11) is 0. The van der Waals surface area contributed by atoms with Crippen LogP contribution in [0, 0.1) is 0 Å². The van der Waals surface area contributed by atoms with Crippen LogP contribution in [0.1, 0.15) is 29.4 Å². The molecule has 0 radical (unpaired) electrons. The van der Waals surface area contributed by atoms with Crippen molar-refractivity contribution in [3.8, 4) is 22.0 Å². The first-order valence-corrected chi connectivity index (χ1v) is 10.1. The second kappa shape index (κ2) is 7.64. The number of aromatic nitrogens is 5. The van der Waals surface area contributed by atoms with Crippen LogP contribution in [-0.4, -0.2) is 44.1 Å². The highest BCUT2D eigenvalue weighted by atomic mass is 32.1. The van der Waals surface area contributed by atoms with Crippen LogP contribution in [0.4, 0.5) is 5.69 Å². The number of nitrogens with zero attached hydrogens (tertiary/aromatic N) is 4. The van der Waals surface area contributed by atoms with Gasteiger partial charge in [-0.15, -0.1) is 11.3 Å². The minimum Gasteiger partial charge on any atom is -0.459 e. The zero-order valence-electron chi connectivity index (χ0n) is 15.4. The molecule has 0 spiro atoms. The number of anilines is 1. The second-order valence-electron chi connectivity index (χ2n) is 6.62. The predicted molar refractivity (Wildman–Crippen MR) is 107 cm³/mol. The molecule has 1 aliphatic heterocycles. The van der Waals surface area contributed by atoms with E-state index in [0.717, 1.165) is 29.1 Å². The Morgan fingerprint density at radius 3 is 2.93 bits per heavy atom. The summed E-state index contributed by atoms with van der Waals surface area (Å²) in [4.78, 5) is 17.2. The van der Waals surface area contributed by atoms with E-state index in [1.807, 2.05) is 10.1 Å². The Morgan fingerprint density at radius 2 is 2.24 bits per heavy atom. The van der Waals surface area contributed by atoms with Crippen molar-refractivity contribution in [3.05, 3.63) is 48.1 Å². The molecule has 0 bridgehead atoms. The van der Waals surface area contributed by atoms with E-state index in [0.29, 0.717) is 24.6 Å². The highest BCUT2D eigenvalue weighted by Gasteiger charge is 2.29. The lowest BCUT2D eigenvalue weighted by Crippen LogP contribution is -2.21. The number of rotatable bonds is 5. The van der Waals surface area contributed by atoms with Crippen LogP contribution in [-0.2, 0) is 4.74 Å². The topological polar surface area (TPSA) is 111 Å². The highest BCUT2D eigenvalue weighted by Crippen LogP contribution is 2.40. The number of nitrogens with one attached hydrogen (secondary N) is 2. The third-order valence-corrected chi connectivity index (χ3v) is 5.62. The number of ether oxygens (including phenoxy) is 1. The molecule has 1 saturated heterocycles. The summed E-state index contributed by atoms with van der Waals surface area (Å²) >= 11 is 1.47. The number of carbonyl (C=O) groups is 1. The van der Waals surface area contributed by atoms with Gasteiger partial charge >= 0.3 is 0 Å². The van der Waals surface area contributed by atoms with Gasteiger partial charge in [-0.3, -0.25) is 14.6 Å². The molecule has 2 N–H and O–H groups in total. The van der Waals surface area contributed by atoms with Crippen molar-refractivity contribution in [2.24, 2.45) is 0 Å². The molecule has 148 valence electrons. The zero-order chi connectivity index (χ0) is 19.6. The Balaban J connectivity index is 1.67. The number of amides is 1. The van der Waals surface area contributed by atoms with E-state index in [-0.39, 0.29) is 17.7 Å². The Labute approximate surface area is 169 Å². The maximum absolute atomic E-state index is 12.8. The fourth-order valence-corrected chi connectivity index (χ4v) is 4.10. The summed E-state index contributed by atoms with van der Waals surface area (Å²) in [5.74, 6) is -0.115. The Morgan fingerprint density at radius 1 is 1.34 bits per heavy atom. The summed E-state index contributed by atoms with van der Waals surface area (Å²) < 4.78 is 12.8. The van der Waals surface area contributed by atoms with Gasteiger partial charge in [0.25, 0.3) is 5.91 Å². The summed E-state index contributed by atoms with van der Waals surface area (Å²) in [5.41, 5.74) is 2.84. The quantitative estimate of drug-likeness (QED) is 0.520. The lowest BCUT2D eigenvalue weighted by molar-refractivity contribution is 0.0668. The molecular formula is C19H18N6O3S. The van der Waals surface area contributed by atoms with Crippen LogP contribution in [0.2, 0.25) is 0 Å². The van der Waals surface area contributed by atoms with Crippen molar-refractivity contribution < 1.29 is 13.9 Å². The molecule has 0 aliphatic carbocycles. The smallest absolute Gasteiger partial charge is 0.291 e. The van der Waals surface area contributed by atoms with Crippen molar-refractivity contribution in [2.75, 3.05) is 18.5 Å². The Hall–Kier alpha value is -3.24. The molecule has 10 heteroatoms. The normalized spacial score (nSPS) is 14.9. The SMILES string of the molecule is O=C(Nc1c(-c2nccs2)nn(C2CCOCC2)c1-c1cn[nH]c1)c1ccco1. The number of aromatic amines is 1. The number of hydrogen-bond acceptors (Lipinski definition) is 7. The summed E-state index contributed by atoms with van der Waals surface area (Å²) in [5, 5.41) is 17.4. The van der Waals surface area contributed by atoms with E-state index in [9.17, 15) is 4.79 Å². The molecule has 1 aliphatic rings. The molecule has 1 amide bonds. The molecule has 5 heterocycles. The molecule has 0 saturated carbocycles. The van der Waals surface area contributed by atoms with E-state index in [4.69, 9.17) is 14.3 Å². The Kier molecular flexibility index (Phi) is 4.70. The number of carbonyl (C=O) groups excluding carboxylic acids is 1. The molecule has 0 atom stereocenters. The van der Waals surface area contributed by atoms with Gasteiger partial charge in [-0.25, -0.2) is 4.98 Å². The van der Waals surface area contributed by atoms with E-state index in [1.165, 1.54) is 17.6 Å². The first kappa shape index (κ1) is 17.8. The number of furan rings is 1. The molecule has 5 rings (SSSR count). The van der Waals surface area contributed by atoms with Crippen molar-refractivity contribution in [2.45, 2.75) is 18.9 Å². The molecule has 0 aromatic carbocycles. The van der Waals surface area contributed by atoms with Crippen molar-refractivity contribution in [1.29, 1.82) is 0 Å². The van der Waals surface area contributed by atoms with E-state index in [1.54, 1.807) is 30.7 Å². The monoisotopic (exact) mass is 410 g/mol. The number of H-pyrrole nitrogens is 1. The van der Waals surface area contributed by atoms with Crippen molar-refractivity contribution in [1.82, 2.24) is 25.0 Å². The Bertz CT molecular complexity index is 1080. The third kappa shape index (κ3) is 3.36. The molecule has 29 heavy (non-hydrogen) atoms. The van der Waals surface area contributed by atoms with Gasteiger partial charge in [0.15, 0.2) is 5.76 Å². The van der Waals surface area contributed by atoms with Crippen LogP contribution in [0.25, 0.3) is 22.0 Å². The second-order valence-corrected chi connectivity index (χ2v) is 7.51. The molecule has 0 unspecified atom stereocenters. The lowest BCUT2D eigenvalue weighted by Gasteiger charge is -2.24. The minimum absolute atomic E-state index is 0.154. The van der Waals surface area contributed by atoms with Gasteiger partial charge < -0.3 is 14.5 Å². The van der Waals surface area contributed by atoms with E-state index < -0.39 is 0 Å². The molecule has 4 aromatic heterocycles. The number of thiazole rings is 1. The first-order valence-electron chi connectivity index (χ1n) is 9.25. The predicted octanol–water partition coefficient (Wildman–Crippen LogP) is 3.59. The van der Waals surface area contributed by atoms with Crippen molar-refractivity contribution in [3.63, 3.8) is 0 Å². The average molecular weight is 410 g/mol. The van der Waals surface area contributed by atoms with Gasteiger partial charge in [0.2, 0.25) is 0 Å². The van der Waals surface area contributed by atoms with Crippen molar-refractivity contribution >= 4 is 22.9 Å². The van der Waals surface area contributed by atoms with Gasteiger partial charge in [-0.2, -0.15) is 10.2 Å². The number of hydrogen-bond donors (Lipinski definition) is 2. The van der Waals surface area contributed by atoms with Crippen LogP contribution in [0.3, 0.4) is 0 Å². The molecule has 1 fully saturated rings. The van der Waals surface area contributed by atoms with Crippen LogP contribution >= 0.6 is 11.3 Å². The van der Waals surface area contributed by atoms with Gasteiger partial charge in [0.05, 0.1) is 29.9 Å². The van der Waals surface area contributed by atoms with Gasteiger partial charge in [0, 0.05) is 36.6 Å².